The summed E-state index contributed by atoms with van der Waals surface area (Å²) in [5.41, 5.74) is -1.14. The van der Waals surface area contributed by atoms with Crippen LogP contribution in [0.25, 0.3) is 10.8 Å². The molecule has 1 N–H and O–H groups in total. The van der Waals surface area contributed by atoms with Gasteiger partial charge in [-0.2, -0.15) is 13.2 Å². The average Bonchev–Trinajstić information content (AvgIpc) is 2.62. The summed E-state index contributed by atoms with van der Waals surface area (Å²) in [5.74, 6) is -1.50. The molecule has 1 amide bonds. The standard InChI is InChI=1S/C19H14ClF4N3O/c1-27(2)18(28)12-9-25-17(11-4-3-5-14(20)16(11)12)26-10-6-7-15(21)13(8-10)19(22,23)24/h3-9H,1-2H3,(H,25,26). The second-order valence-corrected chi connectivity index (χ2v) is 6.61. The molecule has 0 aliphatic rings. The van der Waals surface area contributed by atoms with Crippen LogP contribution in [-0.2, 0) is 6.18 Å². The van der Waals surface area contributed by atoms with Crippen molar-refractivity contribution < 1.29 is 22.4 Å². The van der Waals surface area contributed by atoms with E-state index in [1.54, 1.807) is 32.3 Å². The van der Waals surface area contributed by atoms with E-state index in [-0.39, 0.29) is 23.0 Å². The molecule has 0 saturated heterocycles. The zero-order chi connectivity index (χ0) is 20.6. The maximum absolute atomic E-state index is 13.5. The number of aromatic nitrogens is 1. The first-order chi connectivity index (χ1) is 13.1. The van der Waals surface area contributed by atoms with Gasteiger partial charge in [-0.05, 0) is 24.3 Å². The van der Waals surface area contributed by atoms with Crippen molar-refractivity contribution >= 4 is 39.8 Å². The van der Waals surface area contributed by atoms with Crippen molar-refractivity contribution in [3.05, 3.63) is 64.6 Å². The van der Waals surface area contributed by atoms with Gasteiger partial charge in [-0.3, -0.25) is 4.79 Å². The molecule has 3 rings (SSSR count). The topological polar surface area (TPSA) is 45.2 Å². The van der Waals surface area contributed by atoms with Crippen LogP contribution in [0.2, 0.25) is 5.02 Å². The molecular formula is C19H14ClF4N3O. The fourth-order valence-electron chi connectivity index (χ4n) is 2.72. The van der Waals surface area contributed by atoms with Gasteiger partial charge in [0.2, 0.25) is 0 Å². The maximum Gasteiger partial charge on any atom is 0.419 e. The Morgan fingerprint density at radius 1 is 1.18 bits per heavy atom. The lowest BCUT2D eigenvalue weighted by Gasteiger charge is -2.16. The van der Waals surface area contributed by atoms with E-state index in [4.69, 9.17) is 11.6 Å². The molecule has 0 aliphatic heterocycles. The van der Waals surface area contributed by atoms with Crippen LogP contribution in [0.3, 0.4) is 0 Å². The maximum atomic E-state index is 13.5. The molecule has 0 radical (unpaired) electrons. The van der Waals surface area contributed by atoms with Crippen molar-refractivity contribution in [3.63, 3.8) is 0 Å². The molecule has 28 heavy (non-hydrogen) atoms. The molecule has 0 aliphatic carbocycles. The number of nitrogens with zero attached hydrogens (tertiary/aromatic N) is 2. The van der Waals surface area contributed by atoms with E-state index in [0.717, 1.165) is 6.07 Å². The Balaban J connectivity index is 2.12. The minimum Gasteiger partial charge on any atom is -0.345 e. The zero-order valence-corrected chi connectivity index (χ0v) is 15.5. The lowest BCUT2D eigenvalue weighted by Crippen LogP contribution is -2.22. The van der Waals surface area contributed by atoms with E-state index in [0.29, 0.717) is 21.9 Å². The third kappa shape index (κ3) is 3.73. The Morgan fingerprint density at radius 3 is 2.54 bits per heavy atom. The van der Waals surface area contributed by atoms with E-state index >= 15 is 0 Å². The summed E-state index contributed by atoms with van der Waals surface area (Å²) < 4.78 is 52.3. The number of anilines is 2. The van der Waals surface area contributed by atoms with Gasteiger partial charge in [0.25, 0.3) is 5.91 Å². The molecule has 0 atom stereocenters. The Kier molecular flexibility index (Phi) is 5.16. The quantitative estimate of drug-likeness (QED) is 0.579. The largest absolute Gasteiger partial charge is 0.419 e. The number of benzene rings is 2. The first kappa shape index (κ1) is 19.9. The number of carbonyl (C=O) groups is 1. The molecule has 3 aromatic rings. The lowest BCUT2D eigenvalue weighted by atomic mass is 10.1. The Morgan fingerprint density at radius 2 is 1.89 bits per heavy atom. The Bertz CT molecular complexity index is 1070. The van der Waals surface area contributed by atoms with Gasteiger partial charge in [0.1, 0.15) is 11.6 Å². The molecule has 1 aromatic heterocycles. The van der Waals surface area contributed by atoms with Gasteiger partial charge < -0.3 is 10.2 Å². The van der Waals surface area contributed by atoms with Crippen molar-refractivity contribution in [2.75, 3.05) is 19.4 Å². The number of rotatable bonds is 3. The highest BCUT2D eigenvalue weighted by Gasteiger charge is 2.34. The third-order valence-electron chi connectivity index (χ3n) is 4.03. The van der Waals surface area contributed by atoms with Gasteiger partial charge in [-0.25, -0.2) is 9.37 Å². The summed E-state index contributed by atoms with van der Waals surface area (Å²) >= 11 is 6.27. The number of pyridine rings is 1. The van der Waals surface area contributed by atoms with Crippen molar-refractivity contribution in [2.24, 2.45) is 0 Å². The normalized spacial score (nSPS) is 11.5. The van der Waals surface area contributed by atoms with Crippen molar-refractivity contribution in [1.29, 1.82) is 0 Å². The summed E-state index contributed by atoms with van der Waals surface area (Å²) in [6.07, 6.45) is -3.53. The monoisotopic (exact) mass is 411 g/mol. The van der Waals surface area contributed by atoms with Crippen molar-refractivity contribution in [3.8, 4) is 0 Å². The van der Waals surface area contributed by atoms with Crippen LogP contribution >= 0.6 is 11.6 Å². The van der Waals surface area contributed by atoms with Crippen LogP contribution in [0.1, 0.15) is 15.9 Å². The van der Waals surface area contributed by atoms with Crippen molar-refractivity contribution in [1.82, 2.24) is 9.88 Å². The van der Waals surface area contributed by atoms with Gasteiger partial charge in [0.05, 0.1) is 11.1 Å². The Labute approximate surface area is 162 Å². The minimum atomic E-state index is -4.83. The second kappa shape index (κ2) is 7.27. The zero-order valence-electron chi connectivity index (χ0n) is 14.7. The smallest absolute Gasteiger partial charge is 0.345 e. The number of amides is 1. The van der Waals surface area contributed by atoms with Crippen LogP contribution < -0.4 is 5.32 Å². The van der Waals surface area contributed by atoms with E-state index in [1.165, 1.54) is 17.2 Å². The fraction of sp³-hybridized carbons (Fsp3) is 0.158. The third-order valence-corrected chi connectivity index (χ3v) is 4.35. The van der Waals surface area contributed by atoms with Crippen LogP contribution in [0, 0.1) is 5.82 Å². The predicted octanol–water partition coefficient (Wildman–Crippen LogP) is 5.49. The molecule has 146 valence electrons. The number of carbonyl (C=O) groups excluding carboxylic acids is 1. The van der Waals surface area contributed by atoms with E-state index in [2.05, 4.69) is 10.3 Å². The van der Waals surface area contributed by atoms with Gasteiger partial charge in [-0.15, -0.1) is 0 Å². The number of fused-ring (bicyclic) bond motifs is 1. The van der Waals surface area contributed by atoms with Gasteiger partial charge in [-0.1, -0.05) is 23.7 Å². The molecule has 0 bridgehead atoms. The van der Waals surface area contributed by atoms with Crippen LogP contribution in [-0.4, -0.2) is 29.9 Å². The molecule has 0 saturated carbocycles. The molecule has 1 heterocycles. The average molecular weight is 412 g/mol. The lowest BCUT2D eigenvalue weighted by molar-refractivity contribution is -0.139. The number of alkyl halides is 3. The van der Waals surface area contributed by atoms with Crippen LogP contribution in [0.4, 0.5) is 29.1 Å². The van der Waals surface area contributed by atoms with Gasteiger partial charge in [0, 0.05) is 41.8 Å². The fourth-order valence-corrected chi connectivity index (χ4v) is 2.99. The first-order valence-electron chi connectivity index (χ1n) is 8.02. The molecule has 0 fully saturated rings. The van der Waals surface area contributed by atoms with Crippen LogP contribution in [0.5, 0.6) is 0 Å². The highest BCUT2D eigenvalue weighted by Crippen LogP contribution is 2.36. The molecule has 4 nitrogen and oxygen atoms in total. The number of hydrogen-bond acceptors (Lipinski definition) is 3. The SMILES string of the molecule is CN(C)C(=O)c1cnc(Nc2ccc(F)c(C(F)(F)F)c2)c2cccc(Cl)c12. The van der Waals surface area contributed by atoms with E-state index in [1.807, 2.05) is 0 Å². The van der Waals surface area contributed by atoms with Crippen molar-refractivity contribution in [2.45, 2.75) is 6.18 Å². The predicted molar refractivity (Wildman–Crippen MR) is 99.5 cm³/mol. The number of nitrogens with one attached hydrogen (secondary N) is 1. The molecular weight excluding hydrogens is 398 g/mol. The van der Waals surface area contributed by atoms with Gasteiger partial charge in [0.15, 0.2) is 0 Å². The van der Waals surface area contributed by atoms with E-state index in [9.17, 15) is 22.4 Å². The minimum absolute atomic E-state index is 0.00538. The number of halogens is 5. The second-order valence-electron chi connectivity index (χ2n) is 6.20. The van der Waals surface area contributed by atoms with Crippen LogP contribution in [0.15, 0.2) is 42.6 Å². The first-order valence-corrected chi connectivity index (χ1v) is 8.40. The number of hydrogen-bond donors (Lipinski definition) is 1. The molecule has 2 aromatic carbocycles. The van der Waals surface area contributed by atoms with E-state index < -0.39 is 17.6 Å². The molecule has 9 heteroatoms. The Hall–Kier alpha value is -2.87. The highest BCUT2D eigenvalue weighted by atomic mass is 35.5. The molecule has 0 unspecified atom stereocenters. The summed E-state index contributed by atoms with van der Waals surface area (Å²) in [6, 6.07) is 7.42. The summed E-state index contributed by atoms with van der Waals surface area (Å²) in [7, 11) is 3.16. The molecule has 0 spiro atoms. The summed E-state index contributed by atoms with van der Waals surface area (Å²) in [4.78, 5) is 17.9. The van der Waals surface area contributed by atoms with Gasteiger partial charge >= 0.3 is 6.18 Å². The highest BCUT2D eigenvalue weighted by molar-refractivity contribution is 6.37. The summed E-state index contributed by atoms with van der Waals surface area (Å²) in [5, 5.41) is 3.90. The summed E-state index contributed by atoms with van der Waals surface area (Å²) in [6.45, 7) is 0.